The zero-order valence-corrected chi connectivity index (χ0v) is 21.2. The molecule has 0 saturated carbocycles. The van der Waals surface area contributed by atoms with E-state index in [9.17, 15) is 13.2 Å². The Balaban J connectivity index is 1.45. The van der Waals surface area contributed by atoms with E-state index < -0.39 is 10.0 Å². The third-order valence-corrected chi connectivity index (χ3v) is 7.84. The van der Waals surface area contributed by atoms with Gasteiger partial charge in [0.05, 0.1) is 18.5 Å². The van der Waals surface area contributed by atoms with Gasteiger partial charge in [0.1, 0.15) is 0 Å². The van der Waals surface area contributed by atoms with Gasteiger partial charge in [0.25, 0.3) is 5.91 Å². The predicted octanol–water partition coefficient (Wildman–Crippen LogP) is 4.78. The number of carbonyl (C=O) groups is 1. The van der Waals surface area contributed by atoms with Crippen molar-refractivity contribution < 1.29 is 17.9 Å². The minimum absolute atomic E-state index is 0.137. The maximum absolute atomic E-state index is 12.9. The van der Waals surface area contributed by atoms with Crippen LogP contribution in [-0.4, -0.2) is 40.3 Å². The maximum Gasteiger partial charge on any atom is 0.251 e. The molecule has 1 aliphatic rings. The Hall–Kier alpha value is -2.87. The SMILES string of the molecule is CS(=O)(=O)N(Cc1ccc(C(=O)NCC2(c3ccccc3)CCOCC2)cc1)c1cccc(Cl)c1. The van der Waals surface area contributed by atoms with E-state index in [1.807, 2.05) is 18.2 Å². The van der Waals surface area contributed by atoms with Crippen LogP contribution in [0.15, 0.2) is 78.9 Å². The van der Waals surface area contributed by atoms with E-state index in [0.29, 0.717) is 36.0 Å². The number of halogens is 1. The topological polar surface area (TPSA) is 75.7 Å². The standard InChI is InChI=1S/C27H29ClN2O4S/c1-35(32,33)30(25-9-5-8-24(28)18-25)19-21-10-12-22(13-11-21)26(31)29-20-27(14-16-34-17-15-27)23-6-3-2-4-7-23/h2-13,18H,14-17,19-20H2,1H3,(H,29,31). The molecule has 0 bridgehead atoms. The van der Waals surface area contributed by atoms with Crippen LogP contribution in [0.3, 0.4) is 0 Å². The molecule has 35 heavy (non-hydrogen) atoms. The van der Waals surface area contributed by atoms with E-state index in [0.717, 1.165) is 24.7 Å². The van der Waals surface area contributed by atoms with Crippen molar-refractivity contribution in [2.45, 2.75) is 24.8 Å². The van der Waals surface area contributed by atoms with E-state index >= 15 is 0 Å². The van der Waals surface area contributed by atoms with E-state index in [2.05, 4.69) is 17.4 Å². The lowest BCUT2D eigenvalue weighted by molar-refractivity contribution is 0.0487. The molecule has 3 aromatic rings. The first-order chi connectivity index (χ1) is 16.8. The zero-order valence-electron chi connectivity index (χ0n) is 19.6. The predicted molar refractivity (Wildman–Crippen MR) is 139 cm³/mol. The highest BCUT2D eigenvalue weighted by molar-refractivity contribution is 7.92. The second-order valence-corrected chi connectivity index (χ2v) is 11.2. The van der Waals surface area contributed by atoms with Crippen LogP contribution in [0.4, 0.5) is 5.69 Å². The molecule has 4 rings (SSSR count). The second kappa shape index (κ2) is 10.8. The van der Waals surface area contributed by atoms with E-state index in [1.165, 1.54) is 9.87 Å². The molecule has 0 unspecified atom stereocenters. The maximum atomic E-state index is 12.9. The Bertz CT molecular complexity index is 1260. The molecule has 1 fully saturated rings. The Morgan fingerprint density at radius 3 is 2.31 bits per heavy atom. The number of anilines is 1. The van der Waals surface area contributed by atoms with Crippen LogP contribution < -0.4 is 9.62 Å². The molecule has 0 atom stereocenters. The summed E-state index contributed by atoms with van der Waals surface area (Å²) < 4.78 is 31.7. The Kier molecular flexibility index (Phi) is 7.79. The van der Waals surface area contributed by atoms with E-state index in [-0.39, 0.29) is 17.9 Å². The van der Waals surface area contributed by atoms with Crippen LogP contribution in [0.1, 0.15) is 34.3 Å². The fraction of sp³-hybridized carbons (Fsp3) is 0.296. The quantitative estimate of drug-likeness (QED) is 0.471. The number of benzene rings is 3. The molecule has 1 aliphatic heterocycles. The third kappa shape index (κ3) is 6.23. The summed E-state index contributed by atoms with van der Waals surface area (Å²) >= 11 is 6.06. The summed E-state index contributed by atoms with van der Waals surface area (Å²) in [6.07, 6.45) is 2.86. The molecule has 1 saturated heterocycles. The summed E-state index contributed by atoms with van der Waals surface area (Å²) in [4.78, 5) is 12.9. The number of carbonyl (C=O) groups excluding carboxylic acids is 1. The van der Waals surface area contributed by atoms with Crippen molar-refractivity contribution in [2.24, 2.45) is 0 Å². The minimum Gasteiger partial charge on any atom is -0.381 e. The number of nitrogens with zero attached hydrogens (tertiary/aromatic N) is 1. The Morgan fingerprint density at radius 1 is 1.00 bits per heavy atom. The summed E-state index contributed by atoms with van der Waals surface area (Å²) in [6, 6.07) is 24.0. The summed E-state index contributed by atoms with van der Waals surface area (Å²) in [5, 5.41) is 3.57. The molecule has 0 aromatic heterocycles. The summed E-state index contributed by atoms with van der Waals surface area (Å²) in [5.41, 5.74) is 2.84. The van der Waals surface area contributed by atoms with Gasteiger partial charge in [-0.25, -0.2) is 8.42 Å². The lowest BCUT2D eigenvalue weighted by Gasteiger charge is -2.38. The highest BCUT2D eigenvalue weighted by atomic mass is 35.5. The third-order valence-electron chi connectivity index (χ3n) is 6.46. The molecule has 184 valence electrons. The lowest BCUT2D eigenvalue weighted by atomic mass is 9.74. The van der Waals surface area contributed by atoms with Crippen LogP contribution in [-0.2, 0) is 26.7 Å². The molecule has 8 heteroatoms. The molecule has 1 heterocycles. The first-order valence-corrected chi connectivity index (χ1v) is 13.7. The number of hydrogen-bond donors (Lipinski definition) is 1. The molecule has 0 spiro atoms. The van der Waals surface area contributed by atoms with Crippen molar-refractivity contribution in [3.63, 3.8) is 0 Å². The lowest BCUT2D eigenvalue weighted by Crippen LogP contribution is -2.44. The Labute approximate surface area is 211 Å². The Morgan fingerprint density at radius 2 is 1.69 bits per heavy atom. The van der Waals surface area contributed by atoms with E-state index in [4.69, 9.17) is 16.3 Å². The first-order valence-electron chi connectivity index (χ1n) is 11.5. The van der Waals surface area contributed by atoms with Crippen LogP contribution in [0.5, 0.6) is 0 Å². The van der Waals surface area contributed by atoms with Crippen molar-refractivity contribution in [1.82, 2.24) is 5.32 Å². The van der Waals surface area contributed by atoms with Crippen LogP contribution in [0.25, 0.3) is 0 Å². The number of nitrogens with one attached hydrogen (secondary N) is 1. The van der Waals surface area contributed by atoms with E-state index in [1.54, 1.807) is 48.5 Å². The van der Waals surface area contributed by atoms with Crippen molar-refractivity contribution in [2.75, 3.05) is 30.3 Å². The number of hydrogen-bond acceptors (Lipinski definition) is 4. The highest BCUT2D eigenvalue weighted by Crippen LogP contribution is 2.34. The molecule has 0 radical (unpaired) electrons. The van der Waals surface area contributed by atoms with Gasteiger partial charge in [-0.1, -0.05) is 60.1 Å². The average molecular weight is 513 g/mol. The van der Waals surface area contributed by atoms with Crippen molar-refractivity contribution in [1.29, 1.82) is 0 Å². The smallest absolute Gasteiger partial charge is 0.251 e. The summed E-state index contributed by atoms with van der Waals surface area (Å²) in [6.45, 7) is 2.00. The molecular weight excluding hydrogens is 484 g/mol. The van der Waals surface area contributed by atoms with Gasteiger partial charge in [-0.3, -0.25) is 9.10 Å². The zero-order chi connectivity index (χ0) is 24.9. The fourth-order valence-corrected chi connectivity index (χ4v) is 5.50. The number of amides is 1. The normalized spacial score (nSPS) is 15.4. The molecule has 1 amide bonds. The summed E-state index contributed by atoms with van der Waals surface area (Å²) in [5.74, 6) is -0.159. The van der Waals surface area contributed by atoms with Crippen molar-refractivity contribution in [3.05, 3.63) is 101 Å². The van der Waals surface area contributed by atoms with Gasteiger partial charge in [-0.2, -0.15) is 0 Å². The molecular formula is C27H29ClN2O4S. The average Bonchev–Trinajstić information content (AvgIpc) is 2.86. The largest absolute Gasteiger partial charge is 0.381 e. The number of ether oxygens (including phenoxy) is 1. The van der Waals surface area contributed by atoms with Gasteiger partial charge < -0.3 is 10.1 Å². The molecule has 1 N–H and O–H groups in total. The minimum atomic E-state index is -3.53. The second-order valence-electron chi connectivity index (χ2n) is 8.89. The number of rotatable bonds is 8. The van der Waals surface area contributed by atoms with Gasteiger partial charge in [0, 0.05) is 35.8 Å². The fourth-order valence-electron chi connectivity index (χ4n) is 4.43. The van der Waals surface area contributed by atoms with Gasteiger partial charge in [0.15, 0.2) is 0 Å². The van der Waals surface area contributed by atoms with Crippen LogP contribution in [0.2, 0.25) is 5.02 Å². The highest BCUT2D eigenvalue weighted by Gasteiger charge is 2.34. The first kappa shape index (κ1) is 25.2. The van der Waals surface area contributed by atoms with Gasteiger partial charge in [-0.15, -0.1) is 0 Å². The monoisotopic (exact) mass is 512 g/mol. The van der Waals surface area contributed by atoms with Crippen molar-refractivity contribution in [3.8, 4) is 0 Å². The summed E-state index contributed by atoms with van der Waals surface area (Å²) in [7, 11) is -3.53. The molecule has 3 aromatic carbocycles. The van der Waals surface area contributed by atoms with Crippen molar-refractivity contribution >= 4 is 33.2 Å². The molecule has 0 aliphatic carbocycles. The van der Waals surface area contributed by atoms with Gasteiger partial charge in [0.2, 0.25) is 10.0 Å². The van der Waals surface area contributed by atoms with Crippen LogP contribution in [0, 0.1) is 0 Å². The van der Waals surface area contributed by atoms with Gasteiger partial charge in [-0.05, 0) is 54.3 Å². The molecule has 6 nitrogen and oxygen atoms in total. The van der Waals surface area contributed by atoms with Gasteiger partial charge >= 0.3 is 0 Å². The van der Waals surface area contributed by atoms with Crippen LogP contribution >= 0.6 is 11.6 Å². The number of sulfonamides is 1.